The first-order valence-corrected chi connectivity index (χ1v) is 6.52. The van der Waals surface area contributed by atoms with Crippen molar-refractivity contribution in [1.82, 2.24) is 0 Å². The number of hydrogen-bond acceptors (Lipinski definition) is 2. The topological polar surface area (TPSA) is 32.6 Å². The van der Waals surface area contributed by atoms with Crippen LogP contribution in [0.5, 0.6) is 5.75 Å². The molecule has 18 heavy (non-hydrogen) atoms. The zero-order valence-electron chi connectivity index (χ0n) is 9.69. The monoisotopic (exact) mass is 323 g/mol. The Kier molecular flexibility index (Phi) is 4.04. The molecule has 0 saturated carbocycles. The van der Waals surface area contributed by atoms with Crippen LogP contribution in [0.2, 0.25) is 5.02 Å². The van der Waals surface area contributed by atoms with Gasteiger partial charge in [-0.05, 0) is 64.8 Å². The summed E-state index contributed by atoms with van der Waals surface area (Å²) in [5, 5.41) is 10.6. The Morgan fingerprint density at radius 2 is 1.89 bits per heavy atom. The SMILES string of the molecule is Cc1cc(Br)c(O)c(C=Nc2ccc(Cl)cc2)c1. The van der Waals surface area contributed by atoms with Crippen molar-refractivity contribution in [1.29, 1.82) is 0 Å². The number of hydrogen-bond donors (Lipinski definition) is 1. The van der Waals surface area contributed by atoms with Crippen molar-refractivity contribution < 1.29 is 5.11 Å². The van der Waals surface area contributed by atoms with Crippen molar-refractivity contribution in [2.45, 2.75) is 6.92 Å². The van der Waals surface area contributed by atoms with Crippen LogP contribution in [0.15, 0.2) is 45.9 Å². The van der Waals surface area contributed by atoms with Crippen LogP contribution in [0.3, 0.4) is 0 Å². The maximum atomic E-state index is 9.88. The number of phenols is 1. The molecule has 4 heteroatoms. The fourth-order valence-corrected chi connectivity index (χ4v) is 2.25. The van der Waals surface area contributed by atoms with Crippen LogP contribution in [0, 0.1) is 6.92 Å². The van der Waals surface area contributed by atoms with E-state index < -0.39 is 0 Å². The average molecular weight is 325 g/mol. The number of aromatic hydroxyl groups is 1. The first-order valence-electron chi connectivity index (χ1n) is 5.35. The van der Waals surface area contributed by atoms with Crippen molar-refractivity contribution in [2.75, 3.05) is 0 Å². The Morgan fingerprint density at radius 1 is 1.22 bits per heavy atom. The van der Waals surface area contributed by atoms with Gasteiger partial charge in [-0.2, -0.15) is 0 Å². The maximum absolute atomic E-state index is 9.88. The Morgan fingerprint density at radius 3 is 2.56 bits per heavy atom. The van der Waals surface area contributed by atoms with Gasteiger partial charge in [0.05, 0.1) is 10.2 Å². The summed E-state index contributed by atoms with van der Waals surface area (Å²) in [6, 6.07) is 10.9. The highest BCUT2D eigenvalue weighted by molar-refractivity contribution is 9.10. The van der Waals surface area contributed by atoms with Crippen LogP contribution in [0.25, 0.3) is 0 Å². The van der Waals surface area contributed by atoms with Gasteiger partial charge in [0.15, 0.2) is 0 Å². The molecule has 2 aromatic rings. The lowest BCUT2D eigenvalue weighted by atomic mass is 10.1. The van der Waals surface area contributed by atoms with E-state index in [1.165, 1.54) is 0 Å². The second-order valence-electron chi connectivity index (χ2n) is 3.92. The molecule has 0 atom stereocenters. The molecule has 0 bridgehead atoms. The highest BCUT2D eigenvalue weighted by Crippen LogP contribution is 2.28. The maximum Gasteiger partial charge on any atom is 0.138 e. The molecule has 2 aromatic carbocycles. The highest BCUT2D eigenvalue weighted by Gasteiger charge is 2.04. The van der Waals surface area contributed by atoms with Crippen molar-refractivity contribution >= 4 is 39.4 Å². The number of nitrogens with zero attached hydrogens (tertiary/aromatic N) is 1. The van der Waals surface area contributed by atoms with Gasteiger partial charge >= 0.3 is 0 Å². The first kappa shape index (κ1) is 13.1. The smallest absolute Gasteiger partial charge is 0.138 e. The Labute approximate surface area is 119 Å². The Bertz CT molecular complexity index is 593. The zero-order chi connectivity index (χ0) is 13.1. The summed E-state index contributed by atoms with van der Waals surface area (Å²) in [6.45, 7) is 1.96. The number of benzene rings is 2. The lowest BCUT2D eigenvalue weighted by Crippen LogP contribution is -1.85. The molecular weight excluding hydrogens is 314 g/mol. The van der Waals surface area contributed by atoms with Gasteiger partial charge in [-0.15, -0.1) is 0 Å². The lowest BCUT2D eigenvalue weighted by Gasteiger charge is -2.03. The minimum atomic E-state index is 0.193. The molecule has 0 heterocycles. The number of halogens is 2. The van der Waals surface area contributed by atoms with E-state index in [4.69, 9.17) is 11.6 Å². The molecule has 92 valence electrons. The fraction of sp³-hybridized carbons (Fsp3) is 0.0714. The molecule has 0 aliphatic carbocycles. The molecule has 0 spiro atoms. The Hall–Kier alpha value is -1.32. The number of aliphatic imine (C=N–C) groups is 1. The second-order valence-corrected chi connectivity index (χ2v) is 5.21. The van der Waals surface area contributed by atoms with E-state index in [9.17, 15) is 5.11 Å². The normalized spacial score (nSPS) is 11.1. The van der Waals surface area contributed by atoms with Crippen molar-refractivity contribution in [3.05, 3.63) is 57.0 Å². The van der Waals surface area contributed by atoms with E-state index in [1.807, 2.05) is 31.2 Å². The van der Waals surface area contributed by atoms with E-state index in [1.54, 1.807) is 18.3 Å². The molecule has 0 radical (unpaired) electrons. The third-order valence-corrected chi connectivity index (χ3v) is 3.27. The summed E-state index contributed by atoms with van der Waals surface area (Å²) in [6.07, 6.45) is 1.64. The van der Waals surface area contributed by atoms with E-state index in [0.717, 1.165) is 11.3 Å². The van der Waals surface area contributed by atoms with Crippen LogP contribution in [-0.4, -0.2) is 11.3 Å². The molecule has 0 aliphatic rings. The van der Waals surface area contributed by atoms with Crippen LogP contribution in [0.1, 0.15) is 11.1 Å². The average Bonchev–Trinajstić information content (AvgIpc) is 2.34. The second kappa shape index (κ2) is 5.55. The fourth-order valence-electron chi connectivity index (χ4n) is 1.53. The predicted molar refractivity (Wildman–Crippen MR) is 79.2 cm³/mol. The Balaban J connectivity index is 2.31. The van der Waals surface area contributed by atoms with E-state index in [0.29, 0.717) is 15.1 Å². The third-order valence-electron chi connectivity index (χ3n) is 2.42. The molecule has 0 aliphatic heterocycles. The van der Waals surface area contributed by atoms with Gasteiger partial charge < -0.3 is 5.11 Å². The third kappa shape index (κ3) is 3.12. The van der Waals surface area contributed by atoms with Gasteiger partial charge in [-0.25, -0.2) is 0 Å². The van der Waals surface area contributed by atoms with Gasteiger partial charge in [-0.1, -0.05) is 11.6 Å². The standard InChI is InChI=1S/C14H11BrClNO/c1-9-6-10(14(18)13(15)7-9)8-17-12-4-2-11(16)3-5-12/h2-8,18H,1H3. The molecule has 0 amide bonds. The van der Waals surface area contributed by atoms with E-state index >= 15 is 0 Å². The number of aryl methyl sites for hydroxylation is 1. The van der Waals surface area contributed by atoms with Gasteiger partial charge in [-0.3, -0.25) is 4.99 Å². The summed E-state index contributed by atoms with van der Waals surface area (Å²) in [5.74, 6) is 0.193. The van der Waals surface area contributed by atoms with Gasteiger partial charge in [0, 0.05) is 16.8 Å². The van der Waals surface area contributed by atoms with Gasteiger partial charge in [0.1, 0.15) is 5.75 Å². The van der Waals surface area contributed by atoms with Crippen LogP contribution in [-0.2, 0) is 0 Å². The molecule has 0 unspecified atom stereocenters. The minimum absolute atomic E-state index is 0.193. The zero-order valence-corrected chi connectivity index (χ0v) is 12.0. The van der Waals surface area contributed by atoms with Gasteiger partial charge in [0.2, 0.25) is 0 Å². The molecule has 1 N–H and O–H groups in total. The molecule has 2 rings (SSSR count). The van der Waals surface area contributed by atoms with Crippen LogP contribution < -0.4 is 0 Å². The lowest BCUT2D eigenvalue weighted by molar-refractivity contribution is 0.471. The number of phenolic OH excluding ortho intramolecular Hbond substituents is 1. The van der Waals surface area contributed by atoms with Crippen LogP contribution >= 0.6 is 27.5 Å². The first-order chi connectivity index (χ1) is 8.56. The summed E-state index contributed by atoms with van der Waals surface area (Å²) in [7, 11) is 0. The van der Waals surface area contributed by atoms with Crippen molar-refractivity contribution in [3.63, 3.8) is 0 Å². The van der Waals surface area contributed by atoms with Crippen LogP contribution in [0.4, 0.5) is 5.69 Å². The number of rotatable bonds is 2. The molecule has 0 saturated heterocycles. The largest absolute Gasteiger partial charge is 0.506 e. The van der Waals surface area contributed by atoms with Crippen molar-refractivity contribution in [2.24, 2.45) is 4.99 Å². The van der Waals surface area contributed by atoms with Gasteiger partial charge in [0.25, 0.3) is 0 Å². The summed E-state index contributed by atoms with van der Waals surface area (Å²) < 4.78 is 0.667. The van der Waals surface area contributed by atoms with E-state index in [-0.39, 0.29) is 5.75 Å². The molecular formula is C14H11BrClNO. The summed E-state index contributed by atoms with van der Waals surface area (Å²) in [4.78, 5) is 4.30. The minimum Gasteiger partial charge on any atom is -0.506 e. The summed E-state index contributed by atoms with van der Waals surface area (Å²) >= 11 is 9.10. The quantitative estimate of drug-likeness (QED) is 0.786. The highest BCUT2D eigenvalue weighted by atomic mass is 79.9. The van der Waals surface area contributed by atoms with E-state index in [2.05, 4.69) is 20.9 Å². The molecule has 0 fully saturated rings. The predicted octanol–water partition coefficient (Wildman–Crippen LogP) is 4.87. The molecule has 0 aromatic heterocycles. The summed E-state index contributed by atoms with van der Waals surface area (Å²) in [5.41, 5.74) is 2.52. The van der Waals surface area contributed by atoms with Crippen molar-refractivity contribution in [3.8, 4) is 5.75 Å². The molecule has 2 nitrogen and oxygen atoms in total.